The van der Waals surface area contributed by atoms with Crippen molar-refractivity contribution in [1.29, 1.82) is 0 Å². The van der Waals surface area contributed by atoms with Gasteiger partial charge in [-0.1, -0.05) is 35.5 Å². The van der Waals surface area contributed by atoms with Crippen LogP contribution in [0.1, 0.15) is 22.5 Å². The van der Waals surface area contributed by atoms with E-state index in [2.05, 4.69) is 10.1 Å². The van der Waals surface area contributed by atoms with Crippen molar-refractivity contribution < 1.29 is 14.7 Å². The molecule has 2 heterocycles. The van der Waals surface area contributed by atoms with E-state index >= 15 is 0 Å². The molecule has 6 nitrogen and oxygen atoms in total. The zero-order chi connectivity index (χ0) is 17.8. The number of nitrogens with zero attached hydrogens (tertiary/aromatic N) is 3. The SMILES string of the molecule is CO/N=C1/CC(CO)N(C(=O)c2ccc(-c3ccccc3C)cn2)C1. The van der Waals surface area contributed by atoms with Crippen LogP contribution < -0.4 is 0 Å². The second-order valence-electron chi connectivity index (χ2n) is 6.06. The zero-order valence-electron chi connectivity index (χ0n) is 14.3. The number of benzene rings is 1. The average Bonchev–Trinajstić information content (AvgIpc) is 3.05. The number of aromatic nitrogens is 1. The molecule has 0 bridgehead atoms. The summed E-state index contributed by atoms with van der Waals surface area (Å²) in [6, 6.07) is 11.4. The van der Waals surface area contributed by atoms with Crippen LogP contribution in [0.3, 0.4) is 0 Å². The summed E-state index contributed by atoms with van der Waals surface area (Å²) < 4.78 is 0. The van der Waals surface area contributed by atoms with E-state index in [1.54, 1.807) is 17.2 Å². The third kappa shape index (κ3) is 3.53. The van der Waals surface area contributed by atoms with Crippen molar-refractivity contribution >= 4 is 11.6 Å². The van der Waals surface area contributed by atoms with Gasteiger partial charge in [0.05, 0.1) is 24.9 Å². The highest BCUT2D eigenvalue weighted by Crippen LogP contribution is 2.23. The lowest BCUT2D eigenvalue weighted by Gasteiger charge is -2.21. The molecule has 0 spiro atoms. The first-order valence-corrected chi connectivity index (χ1v) is 8.16. The number of carbonyl (C=O) groups excluding carboxylic acids is 1. The fourth-order valence-electron chi connectivity index (χ4n) is 3.09. The minimum absolute atomic E-state index is 0.115. The molecule has 6 heteroatoms. The maximum Gasteiger partial charge on any atom is 0.273 e. The number of carbonyl (C=O) groups is 1. The summed E-state index contributed by atoms with van der Waals surface area (Å²) in [5, 5.41) is 13.4. The molecule has 1 saturated heterocycles. The van der Waals surface area contributed by atoms with E-state index in [1.807, 2.05) is 37.3 Å². The van der Waals surface area contributed by atoms with Crippen molar-refractivity contribution in [3.05, 3.63) is 53.9 Å². The minimum atomic E-state index is -0.292. The summed E-state index contributed by atoms with van der Waals surface area (Å²) in [5.41, 5.74) is 4.32. The van der Waals surface area contributed by atoms with E-state index in [0.29, 0.717) is 18.7 Å². The summed E-state index contributed by atoms with van der Waals surface area (Å²) in [7, 11) is 1.47. The number of hydrogen-bond acceptors (Lipinski definition) is 5. The monoisotopic (exact) mass is 339 g/mol. The van der Waals surface area contributed by atoms with Crippen LogP contribution in [0.25, 0.3) is 11.1 Å². The molecule has 1 aromatic heterocycles. The van der Waals surface area contributed by atoms with Crippen LogP contribution >= 0.6 is 0 Å². The van der Waals surface area contributed by atoms with E-state index < -0.39 is 0 Å². The topological polar surface area (TPSA) is 75.0 Å². The van der Waals surface area contributed by atoms with Crippen molar-refractivity contribution in [2.45, 2.75) is 19.4 Å². The molecule has 1 N–H and O–H groups in total. The van der Waals surface area contributed by atoms with E-state index in [1.165, 1.54) is 7.11 Å². The van der Waals surface area contributed by atoms with Crippen molar-refractivity contribution in [3.63, 3.8) is 0 Å². The summed E-state index contributed by atoms with van der Waals surface area (Å²) in [4.78, 5) is 23.4. The number of aryl methyl sites for hydroxylation is 1. The van der Waals surface area contributed by atoms with Crippen LogP contribution in [0, 0.1) is 6.92 Å². The van der Waals surface area contributed by atoms with Gasteiger partial charge in [0, 0.05) is 18.2 Å². The van der Waals surface area contributed by atoms with Gasteiger partial charge in [0.2, 0.25) is 0 Å². The van der Waals surface area contributed by atoms with Gasteiger partial charge in [-0.2, -0.15) is 0 Å². The average molecular weight is 339 g/mol. The summed E-state index contributed by atoms with van der Waals surface area (Å²) in [6.45, 7) is 2.27. The number of aliphatic hydroxyl groups is 1. The van der Waals surface area contributed by atoms with Crippen LogP contribution in [0.4, 0.5) is 0 Å². The summed E-state index contributed by atoms with van der Waals surface area (Å²) >= 11 is 0. The van der Waals surface area contributed by atoms with Gasteiger partial charge in [-0.3, -0.25) is 9.78 Å². The van der Waals surface area contributed by atoms with Gasteiger partial charge in [-0.25, -0.2) is 0 Å². The van der Waals surface area contributed by atoms with E-state index in [-0.39, 0.29) is 18.6 Å². The molecule has 0 radical (unpaired) electrons. The number of hydrogen-bond donors (Lipinski definition) is 1. The second-order valence-corrected chi connectivity index (χ2v) is 6.06. The van der Waals surface area contributed by atoms with Crippen molar-refractivity contribution in [3.8, 4) is 11.1 Å². The molecular formula is C19H21N3O3. The lowest BCUT2D eigenvalue weighted by molar-refractivity contribution is 0.0674. The number of oxime groups is 1. The lowest BCUT2D eigenvalue weighted by atomic mass is 10.0. The number of likely N-dealkylation sites (tertiary alicyclic amines) is 1. The highest BCUT2D eigenvalue weighted by Gasteiger charge is 2.33. The van der Waals surface area contributed by atoms with Crippen LogP contribution in [0.15, 0.2) is 47.8 Å². The first-order valence-electron chi connectivity index (χ1n) is 8.16. The Hall–Kier alpha value is -2.73. The summed E-state index contributed by atoms with van der Waals surface area (Å²) in [6.07, 6.45) is 2.22. The molecule has 0 aliphatic carbocycles. The Bertz CT molecular complexity index is 787. The maximum atomic E-state index is 12.7. The number of aliphatic hydroxyl groups excluding tert-OH is 1. The van der Waals surface area contributed by atoms with Crippen molar-refractivity contribution in [2.24, 2.45) is 5.16 Å². The molecular weight excluding hydrogens is 318 g/mol. The van der Waals surface area contributed by atoms with Crippen LogP contribution in [-0.2, 0) is 4.84 Å². The van der Waals surface area contributed by atoms with Gasteiger partial charge in [-0.05, 0) is 24.1 Å². The minimum Gasteiger partial charge on any atom is -0.399 e. The van der Waals surface area contributed by atoms with E-state index in [4.69, 9.17) is 4.84 Å². The highest BCUT2D eigenvalue weighted by molar-refractivity contribution is 5.99. The van der Waals surface area contributed by atoms with Gasteiger partial charge in [0.1, 0.15) is 12.8 Å². The van der Waals surface area contributed by atoms with Gasteiger partial charge in [0.25, 0.3) is 5.91 Å². The number of amides is 1. The largest absolute Gasteiger partial charge is 0.399 e. The molecule has 1 fully saturated rings. The first-order chi connectivity index (χ1) is 12.1. The molecule has 1 unspecified atom stereocenters. The molecule has 1 aliphatic rings. The predicted molar refractivity (Wildman–Crippen MR) is 95.4 cm³/mol. The fourth-order valence-corrected chi connectivity index (χ4v) is 3.09. The first kappa shape index (κ1) is 17.1. The van der Waals surface area contributed by atoms with Gasteiger partial charge in [0.15, 0.2) is 0 Å². The molecule has 1 atom stereocenters. The standard InChI is InChI=1S/C19H21N3O3/c1-13-5-3-4-6-17(13)14-7-8-18(20-10-14)19(24)22-11-15(21-25-2)9-16(22)12-23/h3-8,10,16,23H,9,11-12H2,1-2H3/b21-15-. The highest BCUT2D eigenvalue weighted by atomic mass is 16.6. The van der Waals surface area contributed by atoms with E-state index in [0.717, 1.165) is 22.4 Å². The molecule has 130 valence electrons. The second kappa shape index (κ2) is 7.44. The maximum absolute atomic E-state index is 12.7. The van der Waals surface area contributed by atoms with E-state index in [9.17, 15) is 9.90 Å². The van der Waals surface area contributed by atoms with Crippen molar-refractivity contribution in [1.82, 2.24) is 9.88 Å². The Labute approximate surface area is 146 Å². The quantitative estimate of drug-likeness (QED) is 0.867. The molecule has 1 aromatic carbocycles. The van der Waals surface area contributed by atoms with Gasteiger partial charge >= 0.3 is 0 Å². The lowest BCUT2D eigenvalue weighted by Crippen LogP contribution is -2.38. The third-order valence-electron chi connectivity index (χ3n) is 4.40. The number of rotatable bonds is 4. The Morgan fingerprint density at radius 2 is 2.16 bits per heavy atom. The zero-order valence-corrected chi connectivity index (χ0v) is 14.3. The van der Waals surface area contributed by atoms with Crippen LogP contribution in [0.2, 0.25) is 0 Å². The fraction of sp³-hybridized carbons (Fsp3) is 0.316. The normalized spacial score (nSPS) is 18.6. The Balaban J connectivity index is 1.81. The predicted octanol–water partition coefficient (Wildman–Crippen LogP) is 2.27. The number of pyridine rings is 1. The van der Waals surface area contributed by atoms with Crippen LogP contribution in [-0.4, -0.2) is 52.9 Å². The van der Waals surface area contributed by atoms with Crippen molar-refractivity contribution in [2.75, 3.05) is 20.3 Å². The smallest absolute Gasteiger partial charge is 0.273 e. The molecule has 3 rings (SSSR count). The van der Waals surface area contributed by atoms with Gasteiger partial charge < -0.3 is 14.8 Å². The Kier molecular flexibility index (Phi) is 5.09. The molecule has 1 amide bonds. The molecule has 1 aliphatic heterocycles. The third-order valence-corrected chi connectivity index (χ3v) is 4.40. The molecule has 0 saturated carbocycles. The summed E-state index contributed by atoms with van der Waals surface area (Å²) in [5.74, 6) is -0.211. The Morgan fingerprint density at radius 3 is 2.80 bits per heavy atom. The molecule has 2 aromatic rings. The van der Waals surface area contributed by atoms with Crippen LogP contribution in [0.5, 0.6) is 0 Å². The Morgan fingerprint density at radius 1 is 1.36 bits per heavy atom. The van der Waals surface area contributed by atoms with Gasteiger partial charge in [-0.15, -0.1) is 0 Å². The molecule has 25 heavy (non-hydrogen) atoms.